The molecule has 1 aliphatic rings. The quantitative estimate of drug-likeness (QED) is 0.289. The van der Waals surface area contributed by atoms with E-state index in [0.29, 0.717) is 53.2 Å². The summed E-state index contributed by atoms with van der Waals surface area (Å²) in [5, 5.41) is 7.21. The van der Waals surface area contributed by atoms with Gasteiger partial charge in [0.15, 0.2) is 0 Å². The molecule has 3 heterocycles. The van der Waals surface area contributed by atoms with Crippen molar-refractivity contribution in [3.05, 3.63) is 59.8 Å². The van der Waals surface area contributed by atoms with Crippen molar-refractivity contribution >= 4 is 51.7 Å². The molecule has 1 aliphatic heterocycles. The van der Waals surface area contributed by atoms with Gasteiger partial charge in [0, 0.05) is 18.4 Å². The third-order valence-corrected chi connectivity index (χ3v) is 6.16. The molecule has 0 saturated heterocycles. The first-order chi connectivity index (χ1) is 17.8. The molecule has 0 atom stereocenters. The molecule has 0 fully saturated rings. The van der Waals surface area contributed by atoms with E-state index in [1.807, 2.05) is 43.3 Å². The van der Waals surface area contributed by atoms with Gasteiger partial charge in [-0.3, -0.25) is 9.59 Å². The molecule has 0 spiro atoms. The number of rotatable bonds is 8. The predicted molar refractivity (Wildman–Crippen MR) is 143 cm³/mol. The van der Waals surface area contributed by atoms with Crippen molar-refractivity contribution in [3.8, 4) is 5.75 Å². The fourth-order valence-corrected chi connectivity index (χ4v) is 4.44. The van der Waals surface area contributed by atoms with E-state index in [0.717, 1.165) is 23.1 Å². The molecule has 0 bridgehead atoms. The number of nitrogens with zero attached hydrogens (tertiary/aromatic N) is 4. The van der Waals surface area contributed by atoms with Crippen LogP contribution in [-0.2, 0) is 11.2 Å². The van der Waals surface area contributed by atoms with Gasteiger partial charge in [0.05, 0.1) is 36.0 Å². The number of ether oxygens (including phenoxy) is 1. The Labute approximate surface area is 213 Å². The summed E-state index contributed by atoms with van der Waals surface area (Å²) in [4.78, 5) is 40.8. The molecule has 0 aliphatic carbocycles. The van der Waals surface area contributed by atoms with Crippen LogP contribution in [-0.4, -0.2) is 66.0 Å². The second-order valence-electron chi connectivity index (χ2n) is 9.01. The van der Waals surface area contributed by atoms with Crippen molar-refractivity contribution < 1.29 is 14.3 Å². The smallest absolute Gasteiger partial charge is 0.250 e. The lowest BCUT2D eigenvalue weighted by molar-refractivity contribution is -0.119. The number of aromatic amines is 1. The molecule has 2 aromatic heterocycles. The van der Waals surface area contributed by atoms with E-state index >= 15 is 0 Å². The number of para-hydroxylation sites is 1. The van der Waals surface area contributed by atoms with Gasteiger partial charge >= 0.3 is 0 Å². The van der Waals surface area contributed by atoms with Gasteiger partial charge < -0.3 is 35.9 Å². The zero-order valence-corrected chi connectivity index (χ0v) is 20.8. The summed E-state index contributed by atoms with van der Waals surface area (Å²) in [5.41, 5.74) is 9.54. The highest BCUT2D eigenvalue weighted by Gasteiger charge is 2.27. The number of fused-ring (bicyclic) bond motifs is 2. The van der Waals surface area contributed by atoms with Crippen molar-refractivity contribution in [1.82, 2.24) is 19.9 Å². The van der Waals surface area contributed by atoms with Crippen LogP contribution in [0, 0.1) is 0 Å². The fourth-order valence-electron chi connectivity index (χ4n) is 4.44. The molecule has 4 aromatic rings. The van der Waals surface area contributed by atoms with Crippen molar-refractivity contribution in [2.45, 2.75) is 6.42 Å². The molecule has 2 amide bonds. The van der Waals surface area contributed by atoms with E-state index < -0.39 is 5.91 Å². The van der Waals surface area contributed by atoms with Gasteiger partial charge in [-0.25, -0.2) is 0 Å². The standard InChI is InChI=1S/C26H28N8O3/c1-33(2)14-22(35)34-11-9-15-12-21(37-3)19(13-20(15)34)30-26-31-24-17(8-10-28-24)25(32-26)29-18-7-5-4-6-16(18)23(27)36/h4-8,10,12-13H,9,11,14H2,1-3H3,(H2,27,36)(H3,28,29,30,31,32). The van der Waals surface area contributed by atoms with Crippen molar-refractivity contribution in [3.63, 3.8) is 0 Å². The van der Waals surface area contributed by atoms with Crippen LogP contribution in [0.25, 0.3) is 11.0 Å². The van der Waals surface area contributed by atoms with Crippen LogP contribution in [0.2, 0.25) is 0 Å². The highest BCUT2D eigenvalue weighted by molar-refractivity contribution is 6.01. The molecule has 2 aromatic carbocycles. The molecule has 0 saturated carbocycles. The van der Waals surface area contributed by atoms with Gasteiger partial charge in [0.25, 0.3) is 5.91 Å². The molecule has 11 nitrogen and oxygen atoms in total. The van der Waals surface area contributed by atoms with E-state index in [4.69, 9.17) is 10.5 Å². The summed E-state index contributed by atoms with van der Waals surface area (Å²) < 4.78 is 5.64. The second-order valence-corrected chi connectivity index (χ2v) is 9.01. The van der Waals surface area contributed by atoms with Crippen LogP contribution in [0.4, 0.5) is 28.8 Å². The third kappa shape index (κ3) is 4.76. The van der Waals surface area contributed by atoms with Gasteiger partial charge in [-0.05, 0) is 56.4 Å². The van der Waals surface area contributed by atoms with Crippen molar-refractivity contribution in [1.29, 1.82) is 0 Å². The number of hydrogen-bond donors (Lipinski definition) is 4. The normalized spacial score (nSPS) is 12.6. The summed E-state index contributed by atoms with van der Waals surface area (Å²) in [7, 11) is 5.34. The number of anilines is 5. The number of methoxy groups -OCH3 is 1. The van der Waals surface area contributed by atoms with E-state index in [1.54, 1.807) is 36.4 Å². The van der Waals surface area contributed by atoms with Gasteiger partial charge in [-0.1, -0.05) is 12.1 Å². The minimum atomic E-state index is -0.544. The Morgan fingerprint density at radius 2 is 1.95 bits per heavy atom. The van der Waals surface area contributed by atoms with Crippen molar-refractivity contribution in [2.75, 3.05) is 49.8 Å². The maximum absolute atomic E-state index is 12.8. The maximum Gasteiger partial charge on any atom is 0.250 e. The fraction of sp³-hybridized carbons (Fsp3) is 0.231. The predicted octanol–water partition coefficient (Wildman–Crippen LogP) is 3.00. The van der Waals surface area contributed by atoms with E-state index in [2.05, 4.69) is 25.6 Å². The number of aromatic nitrogens is 3. The van der Waals surface area contributed by atoms with Gasteiger partial charge in [0.2, 0.25) is 11.9 Å². The topological polar surface area (TPSA) is 142 Å². The largest absolute Gasteiger partial charge is 0.495 e. The summed E-state index contributed by atoms with van der Waals surface area (Å²) in [6.07, 6.45) is 2.52. The Bertz CT molecular complexity index is 1500. The molecular formula is C26H28N8O3. The Morgan fingerprint density at radius 3 is 2.70 bits per heavy atom. The minimum absolute atomic E-state index is 0.0310. The SMILES string of the molecule is COc1cc2c(cc1Nc1nc(Nc3ccccc3C(N)=O)c3cc[nH]c3n1)N(C(=O)CN(C)C)CC2. The number of hydrogen-bond acceptors (Lipinski definition) is 8. The number of nitrogens with one attached hydrogen (secondary N) is 3. The number of benzene rings is 2. The zero-order valence-electron chi connectivity index (χ0n) is 20.8. The molecular weight excluding hydrogens is 472 g/mol. The molecule has 0 radical (unpaired) electrons. The summed E-state index contributed by atoms with van der Waals surface area (Å²) in [6.45, 7) is 0.940. The summed E-state index contributed by atoms with van der Waals surface area (Å²) in [6, 6.07) is 12.6. The molecule has 0 unspecified atom stereocenters. The molecule has 190 valence electrons. The lowest BCUT2D eigenvalue weighted by Crippen LogP contribution is -2.36. The van der Waals surface area contributed by atoms with Crippen molar-refractivity contribution in [2.24, 2.45) is 5.73 Å². The van der Waals surface area contributed by atoms with E-state index in [9.17, 15) is 9.59 Å². The Balaban J connectivity index is 1.51. The average molecular weight is 501 g/mol. The molecule has 5 N–H and O–H groups in total. The lowest BCUT2D eigenvalue weighted by Gasteiger charge is -2.21. The number of nitrogens with two attached hydrogens (primary N) is 1. The molecule has 11 heteroatoms. The van der Waals surface area contributed by atoms with Gasteiger partial charge in [0.1, 0.15) is 17.2 Å². The van der Waals surface area contributed by atoms with Crippen LogP contribution in [0.1, 0.15) is 15.9 Å². The Hall–Kier alpha value is -4.64. The van der Waals surface area contributed by atoms with Gasteiger partial charge in [-0.15, -0.1) is 0 Å². The minimum Gasteiger partial charge on any atom is -0.495 e. The van der Waals surface area contributed by atoms with Crippen LogP contribution >= 0.6 is 0 Å². The highest BCUT2D eigenvalue weighted by Crippen LogP contribution is 2.39. The average Bonchev–Trinajstić information content (AvgIpc) is 3.50. The molecule has 37 heavy (non-hydrogen) atoms. The first-order valence-electron chi connectivity index (χ1n) is 11.8. The Morgan fingerprint density at radius 1 is 1.14 bits per heavy atom. The molecule has 5 rings (SSSR count). The van der Waals surface area contributed by atoms with E-state index in [-0.39, 0.29) is 5.91 Å². The first-order valence-corrected chi connectivity index (χ1v) is 11.8. The third-order valence-electron chi connectivity index (χ3n) is 6.16. The summed E-state index contributed by atoms with van der Waals surface area (Å²) >= 11 is 0. The number of H-pyrrole nitrogens is 1. The monoisotopic (exact) mass is 500 g/mol. The van der Waals surface area contributed by atoms with Crippen LogP contribution in [0.15, 0.2) is 48.7 Å². The highest BCUT2D eigenvalue weighted by atomic mass is 16.5. The Kier molecular flexibility index (Phi) is 6.36. The number of amides is 2. The number of carbonyl (C=O) groups excluding carboxylic acids is 2. The number of carbonyl (C=O) groups is 2. The number of primary amides is 1. The van der Waals surface area contributed by atoms with Crippen LogP contribution in [0.5, 0.6) is 5.75 Å². The number of likely N-dealkylation sites (N-methyl/N-ethyl adjacent to an activating group) is 1. The van der Waals surface area contributed by atoms with Gasteiger partial charge in [-0.2, -0.15) is 9.97 Å². The second kappa shape index (κ2) is 9.78. The van der Waals surface area contributed by atoms with E-state index in [1.165, 1.54) is 0 Å². The first kappa shape index (κ1) is 24.1. The maximum atomic E-state index is 12.8. The summed E-state index contributed by atoms with van der Waals surface area (Å²) in [5.74, 6) is 0.895. The van der Waals surface area contributed by atoms with Crippen LogP contribution in [0.3, 0.4) is 0 Å². The zero-order chi connectivity index (χ0) is 26.1. The lowest BCUT2D eigenvalue weighted by atomic mass is 10.1. The van der Waals surface area contributed by atoms with Crippen LogP contribution < -0.4 is 26.0 Å².